The van der Waals surface area contributed by atoms with Crippen LogP contribution in [0.3, 0.4) is 0 Å². The highest BCUT2D eigenvalue weighted by Gasteiger charge is 2.39. The molecule has 0 N–H and O–H groups in total. The zero-order valence-electron chi connectivity index (χ0n) is 14.4. The van der Waals surface area contributed by atoms with E-state index >= 15 is 0 Å². The Labute approximate surface area is 156 Å². The second-order valence-corrected chi connectivity index (χ2v) is 8.82. The number of sulfone groups is 1. The molecule has 2 atom stereocenters. The normalized spacial score (nSPS) is 24.4. The summed E-state index contributed by atoms with van der Waals surface area (Å²) in [7, 11) is -3.06. The molecule has 7 nitrogen and oxygen atoms in total. The Morgan fingerprint density at radius 1 is 1.11 bits per heavy atom. The minimum atomic E-state index is -3.06. The van der Waals surface area contributed by atoms with Gasteiger partial charge in [-0.1, -0.05) is 24.3 Å². The summed E-state index contributed by atoms with van der Waals surface area (Å²) in [5, 5.41) is 0. The van der Waals surface area contributed by atoms with Crippen molar-refractivity contribution in [2.75, 3.05) is 16.4 Å². The van der Waals surface area contributed by atoms with Gasteiger partial charge in [-0.2, -0.15) is 0 Å². The lowest BCUT2D eigenvalue weighted by Crippen LogP contribution is -2.46. The van der Waals surface area contributed by atoms with Crippen molar-refractivity contribution in [2.45, 2.75) is 18.4 Å². The number of hydrogen-bond donors (Lipinski definition) is 0. The molecule has 8 heteroatoms. The monoisotopic (exact) mass is 383 g/mol. The summed E-state index contributed by atoms with van der Waals surface area (Å²) < 4.78 is 23.3. The Morgan fingerprint density at radius 3 is 2.59 bits per heavy atom. The fourth-order valence-corrected chi connectivity index (χ4v) is 5.04. The number of carbonyl (C=O) groups excluding carboxylic acids is 2. The van der Waals surface area contributed by atoms with Crippen LogP contribution in [0.2, 0.25) is 0 Å². The maximum Gasteiger partial charge on any atom is 0.266 e. The van der Waals surface area contributed by atoms with E-state index in [1.54, 1.807) is 42.5 Å². The number of amides is 2. The van der Waals surface area contributed by atoms with Gasteiger partial charge >= 0.3 is 0 Å². The van der Waals surface area contributed by atoms with Gasteiger partial charge in [-0.05, 0) is 30.2 Å². The summed E-state index contributed by atoms with van der Waals surface area (Å²) in [6, 6.07) is 11.5. The summed E-state index contributed by atoms with van der Waals surface area (Å²) in [5.74, 6) is -1.27. The van der Waals surface area contributed by atoms with Gasteiger partial charge < -0.3 is 0 Å². The number of hydrogen-bond acceptors (Lipinski definition) is 6. The highest BCUT2D eigenvalue weighted by Crippen LogP contribution is 2.31. The number of fused-ring (bicyclic) bond motifs is 1. The van der Waals surface area contributed by atoms with Crippen molar-refractivity contribution in [3.63, 3.8) is 0 Å². The van der Waals surface area contributed by atoms with E-state index < -0.39 is 27.6 Å². The third-order valence-corrected chi connectivity index (χ3v) is 6.50. The zero-order valence-corrected chi connectivity index (χ0v) is 15.2. The molecular weight excluding hydrogens is 366 g/mol. The molecule has 0 spiro atoms. The van der Waals surface area contributed by atoms with Crippen molar-refractivity contribution >= 4 is 33.7 Å². The van der Waals surface area contributed by atoms with Crippen LogP contribution in [-0.4, -0.2) is 49.0 Å². The van der Waals surface area contributed by atoms with Gasteiger partial charge in [0.1, 0.15) is 5.82 Å². The molecule has 2 aromatic rings. The number of benzene rings is 1. The maximum atomic E-state index is 13.1. The lowest BCUT2D eigenvalue weighted by Gasteiger charge is -2.30. The molecule has 4 rings (SSSR count). The number of rotatable bonds is 3. The van der Waals surface area contributed by atoms with Crippen LogP contribution >= 0.6 is 0 Å². The summed E-state index contributed by atoms with van der Waals surface area (Å²) in [4.78, 5) is 35.5. The molecule has 0 bridgehead atoms. The van der Waals surface area contributed by atoms with Crippen LogP contribution in [0.4, 0.5) is 5.82 Å². The zero-order chi connectivity index (χ0) is 19.0. The van der Waals surface area contributed by atoms with E-state index in [0.717, 1.165) is 4.90 Å². The van der Waals surface area contributed by atoms with E-state index in [4.69, 9.17) is 0 Å². The van der Waals surface area contributed by atoms with Gasteiger partial charge in [0.25, 0.3) is 5.91 Å². The van der Waals surface area contributed by atoms with Crippen LogP contribution in [0.25, 0.3) is 0 Å². The van der Waals surface area contributed by atoms with E-state index in [1.807, 2.05) is 0 Å². The van der Waals surface area contributed by atoms with Gasteiger partial charge in [-0.3, -0.25) is 14.6 Å². The highest BCUT2D eigenvalue weighted by atomic mass is 32.2. The first-order valence-electron chi connectivity index (χ1n) is 8.58. The first kappa shape index (κ1) is 17.5. The smallest absolute Gasteiger partial charge is 0.266 e. The average molecular weight is 383 g/mol. The summed E-state index contributed by atoms with van der Waals surface area (Å²) in [6.45, 7) is 0. The highest BCUT2D eigenvalue weighted by molar-refractivity contribution is 7.91. The van der Waals surface area contributed by atoms with Crippen molar-refractivity contribution in [2.24, 2.45) is 4.99 Å². The second kappa shape index (κ2) is 6.70. The van der Waals surface area contributed by atoms with Crippen LogP contribution in [-0.2, 0) is 14.6 Å². The van der Waals surface area contributed by atoms with Crippen molar-refractivity contribution < 1.29 is 18.0 Å². The Bertz CT molecular complexity index is 1030. The number of nitrogens with zero attached hydrogens (tertiary/aromatic N) is 3. The van der Waals surface area contributed by atoms with Crippen LogP contribution in [0.1, 0.15) is 28.3 Å². The van der Waals surface area contributed by atoms with Crippen LogP contribution in [0, 0.1) is 0 Å². The molecule has 1 aromatic heterocycles. The van der Waals surface area contributed by atoms with Gasteiger partial charge in [0.2, 0.25) is 5.91 Å². The molecule has 0 unspecified atom stereocenters. The number of aliphatic imine (C=N–C) groups is 1. The lowest BCUT2D eigenvalue weighted by molar-refractivity contribution is -0.118. The molecule has 1 fully saturated rings. The summed E-state index contributed by atoms with van der Waals surface area (Å²) in [6.07, 6.45) is 3.45. The first-order valence-corrected chi connectivity index (χ1v) is 10.4. The van der Waals surface area contributed by atoms with E-state index in [2.05, 4.69) is 9.98 Å². The van der Waals surface area contributed by atoms with Gasteiger partial charge in [0.05, 0.1) is 23.5 Å². The predicted octanol–water partition coefficient (Wildman–Crippen LogP) is 1.61. The number of imide groups is 1. The van der Waals surface area contributed by atoms with Crippen molar-refractivity contribution in [3.05, 3.63) is 59.8 Å². The number of anilines is 1. The summed E-state index contributed by atoms with van der Waals surface area (Å²) in [5.41, 5.74) is 0.988. The Kier molecular flexibility index (Phi) is 4.35. The van der Waals surface area contributed by atoms with Crippen molar-refractivity contribution in [1.82, 2.24) is 4.98 Å². The van der Waals surface area contributed by atoms with Gasteiger partial charge in [-0.25, -0.2) is 18.3 Å². The number of aromatic nitrogens is 1. The van der Waals surface area contributed by atoms with E-state index in [0.29, 0.717) is 17.5 Å². The molecule has 1 aromatic carbocycles. The molecule has 3 heterocycles. The largest absolute Gasteiger partial charge is 0.292 e. The molecule has 27 heavy (non-hydrogen) atoms. The third kappa shape index (κ3) is 3.28. The second-order valence-electron chi connectivity index (χ2n) is 6.59. The SMILES string of the molecule is O=C1c2ccccc2[C@@H](C=N[C@H]2CCS(=O)(=O)C2)C(=O)N1c1ccccn1. The maximum absolute atomic E-state index is 13.1. The quantitative estimate of drug-likeness (QED) is 0.593. The molecule has 2 aliphatic heterocycles. The minimum Gasteiger partial charge on any atom is -0.292 e. The van der Waals surface area contributed by atoms with Gasteiger partial charge in [0, 0.05) is 18.0 Å². The Morgan fingerprint density at radius 2 is 1.89 bits per heavy atom. The molecular formula is C19H17N3O4S. The molecule has 2 amide bonds. The fourth-order valence-electron chi connectivity index (χ4n) is 3.40. The topological polar surface area (TPSA) is 96.8 Å². The number of pyridine rings is 1. The minimum absolute atomic E-state index is 0.00502. The number of carbonyl (C=O) groups is 2. The standard InChI is InChI=1S/C19H17N3O4S/c23-18-15-6-2-1-5-14(15)16(11-21-13-8-10-27(25,26)12-13)19(24)22(18)17-7-3-4-9-20-17/h1-7,9,11,13,16H,8,10,12H2/t13-,16+/m0/s1. The van der Waals surface area contributed by atoms with Crippen molar-refractivity contribution in [3.8, 4) is 0 Å². The van der Waals surface area contributed by atoms with Crippen LogP contribution in [0.5, 0.6) is 0 Å². The predicted molar refractivity (Wildman–Crippen MR) is 101 cm³/mol. The Hall–Kier alpha value is -2.87. The van der Waals surface area contributed by atoms with E-state index in [1.165, 1.54) is 12.4 Å². The average Bonchev–Trinajstić information content (AvgIpc) is 3.01. The molecule has 1 saturated heterocycles. The van der Waals surface area contributed by atoms with Gasteiger partial charge in [0.15, 0.2) is 9.84 Å². The Balaban J connectivity index is 1.72. The van der Waals surface area contributed by atoms with Crippen LogP contribution in [0.15, 0.2) is 53.7 Å². The van der Waals surface area contributed by atoms with E-state index in [9.17, 15) is 18.0 Å². The lowest BCUT2D eigenvalue weighted by atomic mass is 9.89. The molecule has 0 aliphatic carbocycles. The summed E-state index contributed by atoms with van der Waals surface area (Å²) >= 11 is 0. The van der Waals surface area contributed by atoms with E-state index in [-0.39, 0.29) is 23.4 Å². The first-order chi connectivity index (χ1) is 13.0. The van der Waals surface area contributed by atoms with Crippen LogP contribution < -0.4 is 4.90 Å². The molecule has 138 valence electrons. The molecule has 0 radical (unpaired) electrons. The molecule has 2 aliphatic rings. The molecule has 0 saturated carbocycles. The fraction of sp³-hybridized carbons (Fsp3) is 0.263. The van der Waals surface area contributed by atoms with Gasteiger partial charge in [-0.15, -0.1) is 0 Å². The third-order valence-electron chi connectivity index (χ3n) is 4.75. The van der Waals surface area contributed by atoms with Crippen molar-refractivity contribution in [1.29, 1.82) is 0 Å².